The van der Waals surface area contributed by atoms with Gasteiger partial charge in [0, 0.05) is 12.6 Å². The molecule has 0 radical (unpaired) electrons. The molecule has 1 aliphatic heterocycles. The van der Waals surface area contributed by atoms with E-state index < -0.39 is 5.82 Å². The normalized spacial score (nSPS) is 22.9. The van der Waals surface area contributed by atoms with E-state index in [0.717, 1.165) is 18.6 Å². The molecule has 1 heterocycles. The molecule has 0 saturated carbocycles. The molecular formula is C14H18FNO3. The van der Waals surface area contributed by atoms with Gasteiger partial charge in [0.15, 0.2) is 5.78 Å². The molecule has 0 aliphatic carbocycles. The van der Waals surface area contributed by atoms with Crippen LogP contribution in [-0.2, 0) is 4.74 Å². The summed E-state index contributed by atoms with van der Waals surface area (Å²) >= 11 is 0. The zero-order valence-corrected chi connectivity index (χ0v) is 11.1. The van der Waals surface area contributed by atoms with Crippen molar-refractivity contribution in [2.24, 2.45) is 0 Å². The van der Waals surface area contributed by atoms with Crippen molar-refractivity contribution in [3.05, 3.63) is 29.6 Å². The van der Waals surface area contributed by atoms with E-state index in [2.05, 4.69) is 0 Å². The molecule has 2 unspecified atom stereocenters. The van der Waals surface area contributed by atoms with Crippen molar-refractivity contribution in [2.75, 3.05) is 20.2 Å². The topological polar surface area (TPSA) is 49.8 Å². The number of benzene rings is 1. The summed E-state index contributed by atoms with van der Waals surface area (Å²) in [5.41, 5.74) is 0.0263. The predicted octanol–water partition coefficient (Wildman–Crippen LogP) is 1.82. The number of hydrogen-bond acceptors (Lipinski definition) is 4. The highest BCUT2D eigenvalue weighted by Gasteiger charge is 2.29. The molecule has 0 amide bonds. The quantitative estimate of drug-likeness (QED) is 0.845. The van der Waals surface area contributed by atoms with Gasteiger partial charge >= 0.3 is 0 Å². The van der Waals surface area contributed by atoms with E-state index in [-0.39, 0.29) is 35.8 Å². The number of phenolic OH excluding ortho intramolecular Hbond substituents is 1. The molecule has 1 N–H and O–H groups in total. The monoisotopic (exact) mass is 267 g/mol. The van der Waals surface area contributed by atoms with Gasteiger partial charge in [-0.3, -0.25) is 9.69 Å². The molecular weight excluding hydrogens is 249 g/mol. The van der Waals surface area contributed by atoms with Crippen LogP contribution >= 0.6 is 0 Å². The third-order valence-corrected chi connectivity index (χ3v) is 3.55. The molecule has 1 fully saturated rings. The number of rotatable bonds is 4. The zero-order chi connectivity index (χ0) is 14.0. The van der Waals surface area contributed by atoms with Crippen LogP contribution in [0.3, 0.4) is 0 Å². The summed E-state index contributed by atoms with van der Waals surface area (Å²) in [6.45, 7) is 2.79. The fourth-order valence-corrected chi connectivity index (χ4v) is 2.46. The molecule has 19 heavy (non-hydrogen) atoms. The highest BCUT2D eigenvalue weighted by molar-refractivity contribution is 6.00. The number of ether oxygens (including phenoxy) is 1. The number of carbonyl (C=O) groups is 1. The standard InChI is InChI=1S/C14H18FNO3/c1-9-12(5-6-19-9)16(2)8-14(18)11-7-10(15)3-4-13(11)17/h3-4,7,9,12,17H,5-6,8H2,1-2H3. The highest BCUT2D eigenvalue weighted by atomic mass is 19.1. The lowest BCUT2D eigenvalue weighted by atomic mass is 10.1. The maximum atomic E-state index is 13.1. The van der Waals surface area contributed by atoms with E-state index in [4.69, 9.17) is 4.74 Å². The molecule has 2 atom stereocenters. The number of hydrogen-bond donors (Lipinski definition) is 1. The molecule has 0 spiro atoms. The average molecular weight is 267 g/mol. The second kappa shape index (κ2) is 5.67. The Hall–Kier alpha value is -1.46. The van der Waals surface area contributed by atoms with Gasteiger partial charge < -0.3 is 9.84 Å². The summed E-state index contributed by atoms with van der Waals surface area (Å²) in [6.07, 6.45) is 0.957. The van der Waals surface area contributed by atoms with Crippen molar-refractivity contribution >= 4 is 5.78 Å². The minimum absolute atomic E-state index is 0.0263. The number of nitrogens with zero attached hydrogens (tertiary/aromatic N) is 1. The van der Waals surface area contributed by atoms with Gasteiger partial charge in [-0.1, -0.05) is 0 Å². The van der Waals surface area contributed by atoms with E-state index in [1.807, 2.05) is 18.9 Å². The lowest BCUT2D eigenvalue weighted by Gasteiger charge is -2.25. The Balaban J connectivity index is 2.06. The minimum Gasteiger partial charge on any atom is -0.507 e. The van der Waals surface area contributed by atoms with Gasteiger partial charge in [-0.05, 0) is 38.6 Å². The van der Waals surface area contributed by atoms with Crippen molar-refractivity contribution in [3.63, 3.8) is 0 Å². The van der Waals surface area contributed by atoms with E-state index >= 15 is 0 Å². The summed E-state index contributed by atoms with van der Waals surface area (Å²) in [4.78, 5) is 14.0. The van der Waals surface area contributed by atoms with Gasteiger partial charge in [0.05, 0.1) is 18.2 Å². The summed E-state index contributed by atoms with van der Waals surface area (Å²) in [5, 5.41) is 9.60. The van der Waals surface area contributed by atoms with Gasteiger partial charge in [-0.25, -0.2) is 4.39 Å². The first-order valence-electron chi connectivity index (χ1n) is 6.32. The summed E-state index contributed by atoms with van der Waals surface area (Å²) in [5.74, 6) is -1.00. The number of phenols is 1. The Morgan fingerprint density at radius 2 is 2.32 bits per heavy atom. The van der Waals surface area contributed by atoms with Crippen LogP contribution in [0.5, 0.6) is 5.75 Å². The molecule has 1 saturated heterocycles. The fraction of sp³-hybridized carbons (Fsp3) is 0.500. The first kappa shape index (κ1) is 14.0. The molecule has 104 valence electrons. The SMILES string of the molecule is CC1OCCC1N(C)CC(=O)c1cc(F)ccc1O. The molecule has 4 nitrogen and oxygen atoms in total. The van der Waals surface area contributed by atoms with Gasteiger partial charge in [0.25, 0.3) is 0 Å². The van der Waals surface area contributed by atoms with Crippen molar-refractivity contribution in [2.45, 2.75) is 25.5 Å². The van der Waals surface area contributed by atoms with Gasteiger partial charge in [0.1, 0.15) is 11.6 Å². The van der Waals surface area contributed by atoms with Crippen LogP contribution < -0.4 is 0 Å². The van der Waals surface area contributed by atoms with Crippen LogP contribution in [0, 0.1) is 5.82 Å². The zero-order valence-electron chi connectivity index (χ0n) is 11.1. The Kier molecular flexibility index (Phi) is 4.17. The van der Waals surface area contributed by atoms with Gasteiger partial charge in [-0.15, -0.1) is 0 Å². The van der Waals surface area contributed by atoms with Gasteiger partial charge in [-0.2, -0.15) is 0 Å². The maximum Gasteiger partial charge on any atom is 0.180 e. The van der Waals surface area contributed by atoms with Crippen molar-refractivity contribution in [1.29, 1.82) is 0 Å². The molecule has 0 bridgehead atoms. The Bertz CT molecular complexity index is 478. The van der Waals surface area contributed by atoms with Crippen LogP contribution in [0.25, 0.3) is 0 Å². The predicted molar refractivity (Wildman–Crippen MR) is 68.8 cm³/mol. The summed E-state index contributed by atoms with van der Waals surface area (Å²) < 4.78 is 18.6. The highest BCUT2D eigenvalue weighted by Crippen LogP contribution is 2.21. The smallest absolute Gasteiger partial charge is 0.180 e. The molecule has 1 aromatic rings. The van der Waals surface area contributed by atoms with Gasteiger partial charge in [0.2, 0.25) is 0 Å². The van der Waals surface area contributed by atoms with E-state index in [1.165, 1.54) is 6.07 Å². The van der Waals surface area contributed by atoms with Crippen molar-refractivity contribution in [1.82, 2.24) is 4.90 Å². The van der Waals surface area contributed by atoms with E-state index in [9.17, 15) is 14.3 Å². The second-order valence-corrected chi connectivity index (χ2v) is 4.93. The van der Waals surface area contributed by atoms with Crippen LogP contribution in [-0.4, -0.2) is 48.1 Å². The molecule has 5 heteroatoms. The largest absolute Gasteiger partial charge is 0.507 e. The Labute approximate surface area is 111 Å². The fourth-order valence-electron chi connectivity index (χ4n) is 2.46. The lowest BCUT2D eigenvalue weighted by Crippen LogP contribution is -2.39. The number of Topliss-reactive ketones (excluding diaryl/α,β-unsaturated/α-hetero) is 1. The molecule has 0 aromatic heterocycles. The molecule has 2 rings (SSSR count). The van der Waals surface area contributed by atoms with E-state index in [1.54, 1.807) is 0 Å². The second-order valence-electron chi connectivity index (χ2n) is 4.93. The van der Waals surface area contributed by atoms with Crippen LogP contribution in [0.2, 0.25) is 0 Å². The van der Waals surface area contributed by atoms with Crippen molar-refractivity contribution in [3.8, 4) is 5.75 Å². The van der Waals surface area contributed by atoms with Crippen molar-refractivity contribution < 1.29 is 19.0 Å². The minimum atomic E-state index is -0.527. The Morgan fingerprint density at radius 1 is 1.58 bits per heavy atom. The van der Waals surface area contributed by atoms with E-state index in [0.29, 0.717) is 6.61 Å². The molecule has 1 aliphatic rings. The Morgan fingerprint density at radius 3 is 2.95 bits per heavy atom. The summed E-state index contributed by atoms with van der Waals surface area (Å²) in [7, 11) is 1.84. The number of likely N-dealkylation sites (N-methyl/N-ethyl adjacent to an activating group) is 1. The third kappa shape index (κ3) is 3.11. The number of carbonyl (C=O) groups excluding carboxylic acids is 1. The first-order valence-corrected chi connectivity index (χ1v) is 6.32. The lowest BCUT2D eigenvalue weighted by molar-refractivity contribution is 0.0744. The van der Waals surface area contributed by atoms with Crippen LogP contribution in [0.15, 0.2) is 18.2 Å². The molecule has 1 aromatic carbocycles. The number of aromatic hydroxyl groups is 1. The number of halogens is 1. The van der Waals surface area contributed by atoms with Crippen LogP contribution in [0.1, 0.15) is 23.7 Å². The average Bonchev–Trinajstić information content (AvgIpc) is 2.78. The van der Waals surface area contributed by atoms with Crippen LogP contribution in [0.4, 0.5) is 4.39 Å². The first-order chi connectivity index (χ1) is 8.99. The summed E-state index contributed by atoms with van der Waals surface area (Å²) in [6, 6.07) is 3.58. The maximum absolute atomic E-state index is 13.1. The third-order valence-electron chi connectivity index (χ3n) is 3.55. The number of ketones is 1.